The van der Waals surface area contributed by atoms with Crippen LogP contribution in [0.1, 0.15) is 36.8 Å². The second-order valence-electron chi connectivity index (χ2n) is 9.24. The third kappa shape index (κ3) is 8.32. The molecule has 0 aliphatic heterocycles. The first kappa shape index (κ1) is 29.3. The number of carbonyl (C=O) groups excluding carboxylic acids is 1. The summed E-state index contributed by atoms with van der Waals surface area (Å²) in [5, 5.41) is 0. The van der Waals surface area contributed by atoms with Crippen LogP contribution in [-0.4, -0.2) is 92.2 Å². The maximum atomic E-state index is 13.1. The number of alkyl halides is 1. The van der Waals surface area contributed by atoms with Gasteiger partial charge in [-0.15, -0.1) is 0 Å². The number of amides is 1. The molecule has 0 radical (unpaired) electrons. The summed E-state index contributed by atoms with van der Waals surface area (Å²) in [4.78, 5) is 14.5. The average Bonchev–Trinajstić information content (AvgIpc) is 2.76. The molecule has 0 N–H and O–H groups in total. The molecule has 0 saturated heterocycles. The Balaban J connectivity index is 1.77. The Bertz CT molecular complexity index is 894. The van der Waals surface area contributed by atoms with E-state index in [1.807, 2.05) is 7.05 Å². The van der Waals surface area contributed by atoms with Crippen molar-refractivity contribution < 1.29 is 44.2 Å². The number of methoxy groups -OCH3 is 1. The van der Waals surface area contributed by atoms with Crippen LogP contribution >= 0.6 is 0 Å². The minimum atomic E-state index is -3.67. The summed E-state index contributed by atoms with van der Waals surface area (Å²) >= 11 is 0.125. The molecule has 1 fully saturated rings. The third-order valence-electron chi connectivity index (χ3n) is 6.18. The van der Waals surface area contributed by atoms with E-state index in [4.69, 9.17) is 9.47 Å². The Hall–Kier alpha value is -0.950. The Kier molecular flexibility index (Phi) is 11.5. The van der Waals surface area contributed by atoms with Crippen LogP contribution in [-0.2, 0) is 19.6 Å². The van der Waals surface area contributed by atoms with Crippen molar-refractivity contribution in [3.8, 4) is 5.75 Å². The Morgan fingerprint density at radius 3 is 2.18 bits per heavy atom. The van der Waals surface area contributed by atoms with Crippen LogP contribution in [0, 0.1) is 19.8 Å². The summed E-state index contributed by atoms with van der Waals surface area (Å²) in [6.45, 7) is 4.58. The van der Waals surface area contributed by atoms with Crippen LogP contribution < -0.4 is 26.2 Å². The number of rotatable bonds is 12. The van der Waals surface area contributed by atoms with E-state index in [2.05, 4.69) is 17.2 Å². The van der Waals surface area contributed by atoms with E-state index in [1.165, 1.54) is 37.0 Å². The first-order valence-corrected chi connectivity index (χ1v) is 15.3. The summed E-state index contributed by atoms with van der Waals surface area (Å²) in [6, 6.07) is 3.43. The second kappa shape index (κ2) is 13.4. The van der Waals surface area contributed by atoms with Crippen molar-refractivity contribution in [2.24, 2.45) is 5.92 Å². The predicted octanol–water partition coefficient (Wildman–Crippen LogP) is -0.468. The zero-order valence-corrected chi connectivity index (χ0v) is 24.6. The minimum Gasteiger partial charge on any atom is -0.0383 e. The van der Waals surface area contributed by atoms with Crippen molar-refractivity contribution in [1.29, 1.82) is 0 Å². The van der Waals surface area contributed by atoms with Gasteiger partial charge in [0.15, 0.2) is 0 Å². The number of sulfonamides is 1. The van der Waals surface area contributed by atoms with Crippen LogP contribution in [0.15, 0.2) is 17.0 Å². The van der Waals surface area contributed by atoms with Crippen molar-refractivity contribution in [1.82, 2.24) is 12.3 Å². The molecule has 0 bridgehead atoms. The van der Waals surface area contributed by atoms with E-state index in [9.17, 15) is 13.2 Å². The molecule has 2 rings (SSSR count). The molecular weight excluding hydrogens is 569 g/mol. The van der Waals surface area contributed by atoms with Crippen LogP contribution in [0.2, 0.25) is 0 Å². The number of ether oxygens (including phenoxy) is 2. The van der Waals surface area contributed by atoms with E-state index in [-0.39, 0.29) is 52.0 Å². The molecule has 8 nitrogen and oxygen atoms in total. The summed E-state index contributed by atoms with van der Waals surface area (Å²) in [5.74, 6) is 1.13. The minimum absolute atomic E-state index is 0.0353. The van der Waals surface area contributed by atoms with Gasteiger partial charge in [-0.1, -0.05) is 0 Å². The standard InChI is InChI=1S/C24H41IN3O5S/c1-18-14-22(32-7)15-19(2)24(18)34(30,31)28(6)12-13-33-17-23(29)27(5)16-20-8-10-21(11-9-20)25-26(3)4/h14-15,20-21H,8-13,16-17H2,1-7H3/q-1. The third-order valence-corrected chi connectivity index (χ3v) is 11.5. The molecule has 0 atom stereocenters. The monoisotopic (exact) mass is 610 g/mol. The molecule has 34 heavy (non-hydrogen) atoms. The van der Waals surface area contributed by atoms with E-state index in [0.717, 1.165) is 10.5 Å². The Morgan fingerprint density at radius 1 is 1.06 bits per heavy atom. The van der Waals surface area contributed by atoms with Gasteiger partial charge in [-0.25, -0.2) is 8.42 Å². The van der Waals surface area contributed by atoms with Crippen LogP contribution in [0.5, 0.6) is 5.75 Å². The van der Waals surface area contributed by atoms with Gasteiger partial charge in [-0.2, -0.15) is 0 Å². The molecule has 0 spiro atoms. The summed E-state index contributed by atoms with van der Waals surface area (Å²) in [5.41, 5.74) is 1.28. The molecular formula is C24H41IN3O5S-. The Labute approximate surface area is 216 Å². The van der Waals surface area contributed by atoms with Crippen molar-refractivity contribution in [3.63, 3.8) is 0 Å². The number of carbonyl (C=O) groups is 1. The molecule has 0 heterocycles. The summed E-state index contributed by atoms with van der Waals surface area (Å²) in [7, 11) is 5.58. The number of benzene rings is 1. The topological polar surface area (TPSA) is 79.4 Å². The molecule has 1 aliphatic rings. The largest absolute Gasteiger partial charge is 0.0383 e. The molecule has 1 amide bonds. The van der Waals surface area contributed by atoms with Gasteiger partial charge in [0.1, 0.15) is 5.75 Å². The maximum Gasteiger partial charge on any atom is -0.0157 e. The number of hydrogen-bond acceptors (Lipinski definition) is 6. The van der Waals surface area contributed by atoms with E-state index in [1.54, 1.807) is 38.0 Å². The average molecular weight is 611 g/mol. The van der Waals surface area contributed by atoms with Crippen LogP contribution in [0.25, 0.3) is 0 Å². The fourth-order valence-corrected chi connectivity index (χ4v) is 8.75. The van der Waals surface area contributed by atoms with E-state index < -0.39 is 10.0 Å². The molecule has 10 heteroatoms. The van der Waals surface area contributed by atoms with Gasteiger partial charge < -0.3 is 4.74 Å². The quantitative estimate of drug-likeness (QED) is 0.138. The van der Waals surface area contributed by atoms with E-state index in [0.29, 0.717) is 22.8 Å². The van der Waals surface area contributed by atoms with Gasteiger partial charge in [-0.05, 0) is 37.1 Å². The van der Waals surface area contributed by atoms with Gasteiger partial charge in [0.2, 0.25) is 10.0 Å². The zero-order chi connectivity index (χ0) is 25.5. The molecule has 196 valence electrons. The van der Waals surface area contributed by atoms with Crippen molar-refractivity contribution >= 4 is 15.9 Å². The molecule has 1 aromatic rings. The Morgan fingerprint density at radius 2 is 1.65 bits per heavy atom. The van der Waals surface area contributed by atoms with Crippen molar-refractivity contribution in [2.45, 2.75) is 48.4 Å². The second-order valence-corrected chi connectivity index (χ2v) is 15.5. The predicted molar refractivity (Wildman–Crippen MR) is 130 cm³/mol. The fraction of sp³-hybridized carbons (Fsp3) is 0.708. The SMILES string of the molecule is COc1cc(C)c(S(=O)(=O)N(C)CCOCC(=O)N(C)CC2CCC([I-]N(C)C)CC2)c(C)c1. The van der Waals surface area contributed by atoms with Crippen LogP contribution in [0.3, 0.4) is 0 Å². The van der Waals surface area contributed by atoms with Gasteiger partial charge in [-0.3, -0.25) is 0 Å². The van der Waals surface area contributed by atoms with Gasteiger partial charge in [0.05, 0.1) is 12.0 Å². The van der Waals surface area contributed by atoms with Gasteiger partial charge in [0, 0.05) is 7.05 Å². The molecule has 1 aliphatic carbocycles. The number of nitrogens with zero attached hydrogens (tertiary/aromatic N) is 3. The maximum absolute atomic E-state index is 13.1. The fourth-order valence-electron chi connectivity index (χ4n) is 4.34. The summed E-state index contributed by atoms with van der Waals surface area (Å²) in [6.07, 6.45) is 4.90. The van der Waals surface area contributed by atoms with Gasteiger partial charge >= 0.3 is 132 Å². The first-order valence-electron chi connectivity index (χ1n) is 11.7. The number of aryl methyl sites for hydroxylation is 2. The zero-order valence-electron chi connectivity index (χ0n) is 21.6. The molecule has 1 saturated carbocycles. The molecule has 0 unspecified atom stereocenters. The normalized spacial score (nSPS) is 19.1. The first-order chi connectivity index (χ1) is 15.9. The van der Waals surface area contributed by atoms with Crippen molar-refractivity contribution in [3.05, 3.63) is 23.3 Å². The van der Waals surface area contributed by atoms with Crippen molar-refractivity contribution in [2.75, 3.05) is 61.6 Å². The van der Waals surface area contributed by atoms with E-state index >= 15 is 0 Å². The molecule has 1 aromatic carbocycles. The summed E-state index contributed by atoms with van der Waals surface area (Å²) < 4.78 is 41.4. The smallest absolute Gasteiger partial charge is 0.0157 e. The number of hydrogen-bond donors (Lipinski definition) is 0. The van der Waals surface area contributed by atoms with Crippen LogP contribution in [0.4, 0.5) is 0 Å². The number of likely N-dealkylation sites (N-methyl/N-ethyl adjacent to an activating group) is 2. The number of halogens is 1. The molecule has 0 aromatic heterocycles. The van der Waals surface area contributed by atoms with Gasteiger partial charge in [0.25, 0.3) is 0 Å².